The Labute approximate surface area is 83.2 Å². The van der Waals surface area contributed by atoms with E-state index in [1.54, 1.807) is 0 Å². The lowest BCUT2D eigenvalue weighted by atomic mass is 10.0. The summed E-state index contributed by atoms with van der Waals surface area (Å²) < 4.78 is 29.9. The van der Waals surface area contributed by atoms with Crippen molar-refractivity contribution in [3.8, 4) is 5.75 Å². The first-order valence-electron chi connectivity index (χ1n) is 4.29. The summed E-state index contributed by atoms with van der Waals surface area (Å²) in [6, 6.07) is 7.10. The van der Waals surface area contributed by atoms with Gasteiger partial charge in [-0.1, -0.05) is 18.2 Å². The molecule has 4 nitrogen and oxygen atoms in total. The lowest BCUT2D eigenvalue weighted by molar-refractivity contribution is 0.270. The fourth-order valence-corrected chi connectivity index (χ4v) is 1.96. The fraction of sp³-hybridized carbons (Fsp3) is 0.333. The highest BCUT2D eigenvalue weighted by atomic mass is 32.2. The molecule has 1 aliphatic rings. The first kappa shape index (κ1) is 9.21. The van der Waals surface area contributed by atoms with E-state index in [0.29, 0.717) is 13.0 Å². The minimum Gasteiger partial charge on any atom is -0.493 e. The molecule has 0 aliphatic carbocycles. The molecule has 1 heterocycles. The molecule has 1 aromatic carbocycles. The van der Waals surface area contributed by atoms with Gasteiger partial charge in [-0.3, -0.25) is 0 Å². The minimum absolute atomic E-state index is 0.279. The molecule has 0 saturated heterocycles. The fourth-order valence-electron chi connectivity index (χ4n) is 1.54. The summed E-state index contributed by atoms with van der Waals surface area (Å²) in [6.45, 7) is 0.516. The number of fused-ring (bicyclic) bond motifs is 1. The van der Waals surface area contributed by atoms with Gasteiger partial charge in [0.2, 0.25) is 0 Å². The molecule has 1 aromatic rings. The van der Waals surface area contributed by atoms with Crippen LogP contribution in [0.2, 0.25) is 0 Å². The first-order valence-corrected chi connectivity index (χ1v) is 5.32. The molecule has 14 heavy (non-hydrogen) atoms. The summed E-state index contributed by atoms with van der Waals surface area (Å²) in [5.74, 6) is 0.734. The van der Waals surface area contributed by atoms with E-state index in [1.807, 2.05) is 24.3 Å². The molecule has 0 N–H and O–H groups in total. The van der Waals surface area contributed by atoms with Gasteiger partial charge in [0.05, 0.1) is 12.6 Å². The average molecular weight is 211 g/mol. The Bertz CT molecular complexity index is 459. The van der Waals surface area contributed by atoms with Crippen LogP contribution >= 0.6 is 0 Å². The Morgan fingerprint density at radius 2 is 2.14 bits per heavy atom. The highest BCUT2D eigenvalue weighted by molar-refractivity contribution is 7.61. The normalized spacial score (nSPS) is 19.3. The summed E-state index contributed by atoms with van der Waals surface area (Å²) in [5.41, 5.74) is 0.850. The summed E-state index contributed by atoms with van der Waals surface area (Å²) >= 11 is 0. The number of rotatable bonds is 1. The first-order chi connectivity index (χ1) is 6.77. The zero-order valence-corrected chi connectivity index (χ0v) is 8.20. The van der Waals surface area contributed by atoms with Crippen molar-refractivity contribution in [2.24, 2.45) is 4.36 Å². The van der Waals surface area contributed by atoms with Gasteiger partial charge in [-0.15, -0.1) is 0 Å². The molecular weight excluding hydrogens is 202 g/mol. The van der Waals surface area contributed by atoms with Gasteiger partial charge in [0.15, 0.2) is 0 Å². The highest BCUT2D eigenvalue weighted by Gasteiger charge is 2.20. The largest absolute Gasteiger partial charge is 0.493 e. The Morgan fingerprint density at radius 3 is 2.93 bits per heavy atom. The van der Waals surface area contributed by atoms with Gasteiger partial charge in [-0.2, -0.15) is 12.8 Å². The van der Waals surface area contributed by atoms with E-state index in [0.717, 1.165) is 11.3 Å². The number of nitrogens with zero attached hydrogens (tertiary/aromatic N) is 1. The van der Waals surface area contributed by atoms with E-state index >= 15 is 0 Å². The number of para-hydroxylation sites is 1. The molecule has 1 unspecified atom stereocenters. The smallest absolute Gasteiger partial charge is 0.311 e. The van der Waals surface area contributed by atoms with Crippen LogP contribution in [0, 0.1) is 0 Å². The quantitative estimate of drug-likeness (QED) is 0.708. The number of hydrogen-bond acceptors (Lipinski definition) is 4. The molecule has 0 aromatic heterocycles. The third-order valence-corrected chi connectivity index (χ3v) is 2.57. The standard InChI is InChI=1S/C9H9NO3S/c11-14(12)10-8-5-6-13-9-4-2-1-3-7(8)9/h1-4,8H,5-6H2. The maximum absolute atomic E-state index is 10.5. The molecule has 0 fully saturated rings. The van der Waals surface area contributed by atoms with Crippen molar-refractivity contribution in [1.29, 1.82) is 0 Å². The third kappa shape index (κ3) is 1.77. The van der Waals surface area contributed by atoms with E-state index in [4.69, 9.17) is 4.74 Å². The van der Waals surface area contributed by atoms with Gasteiger partial charge < -0.3 is 4.74 Å². The minimum atomic E-state index is -2.35. The second-order valence-electron chi connectivity index (χ2n) is 3.01. The number of hydrogen-bond donors (Lipinski definition) is 0. The zero-order chi connectivity index (χ0) is 9.97. The highest BCUT2D eigenvalue weighted by Crippen LogP contribution is 2.33. The van der Waals surface area contributed by atoms with E-state index < -0.39 is 10.5 Å². The maximum atomic E-state index is 10.5. The summed E-state index contributed by atoms with van der Waals surface area (Å²) in [7, 11) is -2.35. The van der Waals surface area contributed by atoms with E-state index in [1.165, 1.54) is 0 Å². The molecule has 2 rings (SSSR count). The molecule has 0 amide bonds. The van der Waals surface area contributed by atoms with Crippen LogP contribution in [0.25, 0.3) is 0 Å². The molecule has 0 saturated carbocycles. The molecular formula is C9H9NO3S. The predicted octanol–water partition coefficient (Wildman–Crippen LogP) is 1.57. The molecule has 1 atom stereocenters. The van der Waals surface area contributed by atoms with Gasteiger partial charge in [0, 0.05) is 12.0 Å². The predicted molar refractivity (Wildman–Crippen MR) is 50.6 cm³/mol. The SMILES string of the molecule is O=S(=O)=NC1CCOc2ccccc21. The number of benzene rings is 1. The van der Waals surface area contributed by atoms with Crippen molar-refractivity contribution in [2.75, 3.05) is 6.61 Å². The van der Waals surface area contributed by atoms with Crippen molar-refractivity contribution >= 4 is 10.5 Å². The summed E-state index contributed by atoms with van der Waals surface area (Å²) in [4.78, 5) is 0. The molecule has 74 valence electrons. The van der Waals surface area contributed by atoms with Crippen LogP contribution in [-0.4, -0.2) is 15.0 Å². The lowest BCUT2D eigenvalue weighted by Crippen LogP contribution is -2.12. The lowest BCUT2D eigenvalue weighted by Gasteiger charge is -2.21. The van der Waals surface area contributed by atoms with Crippen LogP contribution in [0.5, 0.6) is 5.75 Å². The van der Waals surface area contributed by atoms with E-state index in [2.05, 4.69) is 4.36 Å². The van der Waals surface area contributed by atoms with Crippen molar-refractivity contribution in [3.63, 3.8) is 0 Å². The van der Waals surface area contributed by atoms with Crippen molar-refractivity contribution in [1.82, 2.24) is 0 Å². The molecule has 0 bridgehead atoms. The van der Waals surface area contributed by atoms with Crippen molar-refractivity contribution in [2.45, 2.75) is 12.5 Å². The average Bonchev–Trinajstić information content (AvgIpc) is 2.18. The zero-order valence-electron chi connectivity index (χ0n) is 7.38. The Kier molecular flexibility index (Phi) is 2.49. The van der Waals surface area contributed by atoms with Crippen LogP contribution in [0.1, 0.15) is 18.0 Å². The van der Waals surface area contributed by atoms with Crippen molar-refractivity contribution in [3.05, 3.63) is 29.8 Å². The maximum Gasteiger partial charge on any atom is 0.311 e. The topological polar surface area (TPSA) is 55.7 Å². The molecule has 0 radical (unpaired) electrons. The summed E-state index contributed by atoms with van der Waals surface area (Å²) in [6.07, 6.45) is 0.616. The molecule has 1 aliphatic heterocycles. The van der Waals surface area contributed by atoms with Crippen LogP contribution in [0.4, 0.5) is 0 Å². The second-order valence-corrected chi connectivity index (χ2v) is 3.66. The Balaban J connectivity index is 2.45. The van der Waals surface area contributed by atoms with Gasteiger partial charge in [-0.05, 0) is 6.07 Å². The van der Waals surface area contributed by atoms with Gasteiger partial charge in [0.25, 0.3) is 0 Å². The van der Waals surface area contributed by atoms with E-state index in [9.17, 15) is 8.42 Å². The van der Waals surface area contributed by atoms with Crippen LogP contribution in [-0.2, 0) is 10.5 Å². The van der Waals surface area contributed by atoms with Crippen LogP contribution < -0.4 is 4.74 Å². The second kappa shape index (κ2) is 3.79. The monoisotopic (exact) mass is 211 g/mol. The summed E-state index contributed by atoms with van der Waals surface area (Å²) in [5, 5.41) is 0. The van der Waals surface area contributed by atoms with Crippen LogP contribution in [0.3, 0.4) is 0 Å². The van der Waals surface area contributed by atoms with Crippen molar-refractivity contribution < 1.29 is 13.2 Å². The van der Waals surface area contributed by atoms with E-state index in [-0.39, 0.29) is 6.04 Å². The molecule has 5 heteroatoms. The molecule has 0 spiro atoms. The van der Waals surface area contributed by atoms with Crippen LogP contribution in [0.15, 0.2) is 28.6 Å². The van der Waals surface area contributed by atoms with Gasteiger partial charge in [0.1, 0.15) is 5.75 Å². The third-order valence-electron chi connectivity index (χ3n) is 2.14. The number of ether oxygens (including phenoxy) is 1. The Morgan fingerprint density at radius 1 is 1.36 bits per heavy atom. The van der Waals surface area contributed by atoms with Gasteiger partial charge >= 0.3 is 10.5 Å². The Hall–Kier alpha value is -1.36. The van der Waals surface area contributed by atoms with Gasteiger partial charge in [-0.25, -0.2) is 0 Å².